The lowest BCUT2D eigenvalue weighted by Gasteiger charge is -2.39. The molecule has 6 heteroatoms. The number of hydrogen-bond acceptors (Lipinski definition) is 2. The molecule has 1 aliphatic rings. The van der Waals surface area contributed by atoms with E-state index in [4.69, 9.17) is 0 Å². The summed E-state index contributed by atoms with van der Waals surface area (Å²) in [4.78, 5) is 28.6. The Kier molecular flexibility index (Phi) is 4.52. The van der Waals surface area contributed by atoms with Gasteiger partial charge in [-0.25, -0.2) is 0 Å². The maximum Gasteiger partial charge on any atom is 0.311 e. The second-order valence-electron chi connectivity index (χ2n) is 5.40. The number of carbonyl (C=O) groups is 2. The van der Waals surface area contributed by atoms with Gasteiger partial charge in [0.1, 0.15) is 5.69 Å². The van der Waals surface area contributed by atoms with Crippen LogP contribution in [-0.4, -0.2) is 40.0 Å². The van der Waals surface area contributed by atoms with Crippen molar-refractivity contribution in [3.63, 3.8) is 0 Å². The maximum absolute atomic E-state index is 12.4. The zero-order valence-electron chi connectivity index (χ0n) is 11.5. The van der Waals surface area contributed by atoms with E-state index in [-0.39, 0.29) is 5.91 Å². The summed E-state index contributed by atoms with van der Waals surface area (Å²) in [6.45, 7) is 2.90. The number of piperidine rings is 1. The van der Waals surface area contributed by atoms with Gasteiger partial charge in [0.25, 0.3) is 5.91 Å². The molecular formula is C14H19BrN2O3. The molecule has 0 radical (unpaired) electrons. The molecular weight excluding hydrogens is 324 g/mol. The van der Waals surface area contributed by atoms with Gasteiger partial charge < -0.3 is 15.0 Å². The molecule has 0 spiro atoms. The second-order valence-corrected chi connectivity index (χ2v) is 6.31. The van der Waals surface area contributed by atoms with Crippen LogP contribution in [0.25, 0.3) is 0 Å². The SMILES string of the molecule is CCCC1(C(=O)O)CCCN(C(=O)c2cc(Br)c[nH]2)C1. The number of aromatic nitrogens is 1. The van der Waals surface area contributed by atoms with Crippen LogP contribution in [0.15, 0.2) is 16.7 Å². The average molecular weight is 343 g/mol. The average Bonchev–Trinajstić information content (AvgIpc) is 2.85. The smallest absolute Gasteiger partial charge is 0.311 e. The molecule has 1 unspecified atom stereocenters. The van der Waals surface area contributed by atoms with Crippen LogP contribution >= 0.6 is 15.9 Å². The Bertz CT molecular complexity index is 510. The van der Waals surface area contributed by atoms with Crippen molar-refractivity contribution >= 4 is 27.8 Å². The van der Waals surface area contributed by atoms with Gasteiger partial charge in [0.05, 0.1) is 5.41 Å². The number of likely N-dealkylation sites (tertiary alicyclic amines) is 1. The van der Waals surface area contributed by atoms with E-state index in [0.717, 1.165) is 17.3 Å². The van der Waals surface area contributed by atoms with Crippen LogP contribution in [-0.2, 0) is 4.79 Å². The van der Waals surface area contributed by atoms with E-state index in [0.29, 0.717) is 31.6 Å². The summed E-state index contributed by atoms with van der Waals surface area (Å²) in [6, 6.07) is 1.72. The van der Waals surface area contributed by atoms with Crippen molar-refractivity contribution in [3.05, 3.63) is 22.4 Å². The number of carboxylic acids is 1. The highest BCUT2D eigenvalue weighted by molar-refractivity contribution is 9.10. The van der Waals surface area contributed by atoms with Gasteiger partial charge in [-0.2, -0.15) is 0 Å². The van der Waals surface area contributed by atoms with Gasteiger partial charge in [-0.3, -0.25) is 9.59 Å². The third-order valence-electron chi connectivity index (χ3n) is 3.92. The Hall–Kier alpha value is -1.30. The quantitative estimate of drug-likeness (QED) is 0.883. The molecule has 1 aromatic rings. The molecule has 1 atom stereocenters. The highest BCUT2D eigenvalue weighted by Gasteiger charge is 2.43. The first-order valence-electron chi connectivity index (χ1n) is 6.85. The van der Waals surface area contributed by atoms with Crippen molar-refractivity contribution in [2.75, 3.05) is 13.1 Å². The van der Waals surface area contributed by atoms with Crippen molar-refractivity contribution in [2.45, 2.75) is 32.6 Å². The number of carbonyl (C=O) groups excluding carboxylic acids is 1. The fourth-order valence-electron chi connectivity index (χ4n) is 2.93. The minimum Gasteiger partial charge on any atom is -0.481 e. The molecule has 2 heterocycles. The number of H-pyrrole nitrogens is 1. The summed E-state index contributed by atoms with van der Waals surface area (Å²) in [5.41, 5.74) is -0.290. The number of aliphatic carboxylic acids is 1. The molecule has 0 aromatic carbocycles. The zero-order valence-corrected chi connectivity index (χ0v) is 13.1. The van der Waals surface area contributed by atoms with Gasteiger partial charge in [-0.05, 0) is 41.3 Å². The summed E-state index contributed by atoms with van der Waals surface area (Å²) in [7, 11) is 0. The molecule has 1 aromatic heterocycles. The van der Waals surface area contributed by atoms with E-state index in [2.05, 4.69) is 20.9 Å². The van der Waals surface area contributed by atoms with Crippen molar-refractivity contribution in [1.82, 2.24) is 9.88 Å². The fraction of sp³-hybridized carbons (Fsp3) is 0.571. The largest absolute Gasteiger partial charge is 0.481 e. The molecule has 20 heavy (non-hydrogen) atoms. The lowest BCUT2D eigenvalue weighted by Crippen LogP contribution is -2.50. The first-order chi connectivity index (χ1) is 9.48. The van der Waals surface area contributed by atoms with Gasteiger partial charge in [-0.1, -0.05) is 13.3 Å². The fourth-order valence-corrected chi connectivity index (χ4v) is 3.27. The van der Waals surface area contributed by atoms with Crippen LogP contribution in [0.3, 0.4) is 0 Å². The van der Waals surface area contributed by atoms with Crippen LogP contribution in [0, 0.1) is 5.41 Å². The van der Waals surface area contributed by atoms with Gasteiger partial charge >= 0.3 is 5.97 Å². The number of carboxylic acid groups (broad SMARTS) is 1. The van der Waals surface area contributed by atoms with Crippen LogP contribution in [0.4, 0.5) is 0 Å². The number of amides is 1. The lowest BCUT2D eigenvalue weighted by atomic mass is 9.76. The predicted molar refractivity (Wildman–Crippen MR) is 78.6 cm³/mol. The molecule has 5 nitrogen and oxygen atoms in total. The summed E-state index contributed by atoms with van der Waals surface area (Å²) in [5, 5.41) is 9.54. The predicted octanol–water partition coefficient (Wildman–Crippen LogP) is 2.88. The molecule has 2 rings (SSSR count). The maximum atomic E-state index is 12.4. The third-order valence-corrected chi connectivity index (χ3v) is 4.38. The molecule has 1 fully saturated rings. The van der Waals surface area contributed by atoms with E-state index >= 15 is 0 Å². The molecule has 2 N–H and O–H groups in total. The molecule has 110 valence electrons. The van der Waals surface area contributed by atoms with Gasteiger partial charge in [0.2, 0.25) is 0 Å². The number of rotatable bonds is 4. The Labute approximate surface area is 126 Å². The number of hydrogen-bond donors (Lipinski definition) is 2. The van der Waals surface area contributed by atoms with E-state index in [1.54, 1.807) is 17.2 Å². The lowest BCUT2D eigenvalue weighted by molar-refractivity contribution is -0.152. The van der Waals surface area contributed by atoms with E-state index in [1.807, 2.05) is 6.92 Å². The van der Waals surface area contributed by atoms with Gasteiger partial charge in [-0.15, -0.1) is 0 Å². The summed E-state index contributed by atoms with van der Waals surface area (Å²) in [6.07, 6.45) is 4.50. The summed E-state index contributed by atoms with van der Waals surface area (Å²) in [5.74, 6) is -0.915. The van der Waals surface area contributed by atoms with Gasteiger partial charge in [0, 0.05) is 23.8 Å². The third kappa shape index (κ3) is 2.90. The van der Waals surface area contributed by atoms with Crippen molar-refractivity contribution in [1.29, 1.82) is 0 Å². The molecule has 0 saturated carbocycles. The number of nitrogens with zero attached hydrogens (tertiary/aromatic N) is 1. The highest BCUT2D eigenvalue weighted by Crippen LogP contribution is 2.35. The Morgan fingerprint density at radius 2 is 2.30 bits per heavy atom. The monoisotopic (exact) mass is 342 g/mol. The molecule has 0 bridgehead atoms. The van der Waals surface area contributed by atoms with Crippen LogP contribution in [0.2, 0.25) is 0 Å². The topological polar surface area (TPSA) is 73.4 Å². The standard InChI is InChI=1S/C14H19BrN2O3/c1-2-4-14(13(19)20)5-3-6-17(9-14)12(18)11-7-10(15)8-16-11/h7-8,16H,2-6,9H2,1H3,(H,19,20). The first-order valence-corrected chi connectivity index (χ1v) is 7.64. The minimum atomic E-state index is -0.787. The van der Waals surface area contributed by atoms with E-state index < -0.39 is 11.4 Å². The molecule has 1 amide bonds. The van der Waals surface area contributed by atoms with Crippen LogP contribution in [0.5, 0.6) is 0 Å². The minimum absolute atomic E-state index is 0.128. The van der Waals surface area contributed by atoms with Crippen LogP contribution < -0.4 is 0 Å². The van der Waals surface area contributed by atoms with Crippen molar-refractivity contribution in [3.8, 4) is 0 Å². The van der Waals surface area contributed by atoms with E-state index in [9.17, 15) is 14.7 Å². The highest BCUT2D eigenvalue weighted by atomic mass is 79.9. The molecule has 1 saturated heterocycles. The Morgan fingerprint density at radius 3 is 2.85 bits per heavy atom. The zero-order chi connectivity index (χ0) is 14.8. The molecule has 0 aliphatic carbocycles. The van der Waals surface area contributed by atoms with Crippen LogP contribution in [0.1, 0.15) is 43.1 Å². The van der Waals surface area contributed by atoms with Gasteiger partial charge in [0.15, 0.2) is 0 Å². The number of aromatic amines is 1. The molecule has 1 aliphatic heterocycles. The Morgan fingerprint density at radius 1 is 1.55 bits per heavy atom. The summed E-state index contributed by atoms with van der Waals surface area (Å²) >= 11 is 3.30. The van der Waals surface area contributed by atoms with Crippen molar-refractivity contribution in [2.24, 2.45) is 5.41 Å². The normalized spacial score (nSPS) is 22.8. The Balaban J connectivity index is 2.17. The second kappa shape index (κ2) is 5.99. The van der Waals surface area contributed by atoms with Crippen molar-refractivity contribution < 1.29 is 14.7 Å². The first kappa shape index (κ1) is 15.1. The number of halogens is 1. The number of nitrogens with one attached hydrogen (secondary N) is 1. The summed E-state index contributed by atoms with van der Waals surface area (Å²) < 4.78 is 0.816. The van der Waals surface area contributed by atoms with E-state index in [1.165, 1.54) is 0 Å².